The van der Waals surface area contributed by atoms with E-state index in [2.05, 4.69) is 24.8 Å². The van der Waals surface area contributed by atoms with Crippen LogP contribution in [0.15, 0.2) is 24.3 Å². The third-order valence-corrected chi connectivity index (χ3v) is 3.58. The lowest BCUT2D eigenvalue weighted by Gasteiger charge is -2.40. The highest BCUT2D eigenvalue weighted by molar-refractivity contribution is 6.30. The lowest BCUT2D eigenvalue weighted by Crippen LogP contribution is -2.48. The Morgan fingerprint density at radius 3 is 2.61 bits per heavy atom. The normalized spacial score (nSPS) is 27.1. The molecule has 1 aromatic rings. The standard InChI is InChI=1S/C14H21ClN2O/c1-10-8-17(9-11(2)18-10)14(7-16)12-4-3-5-13(15)6-12/h3-6,10-11,14H,7-9,16H2,1-2H3/t10-,11-,14-/m0/s1. The highest BCUT2D eigenvalue weighted by Gasteiger charge is 2.28. The van der Waals surface area contributed by atoms with Crippen molar-refractivity contribution in [1.82, 2.24) is 4.90 Å². The quantitative estimate of drug-likeness (QED) is 0.915. The molecule has 0 saturated carbocycles. The first-order valence-corrected chi connectivity index (χ1v) is 6.83. The molecule has 4 heteroatoms. The molecule has 100 valence electrons. The van der Waals surface area contributed by atoms with Crippen molar-refractivity contribution in [2.75, 3.05) is 19.6 Å². The van der Waals surface area contributed by atoms with E-state index in [1.165, 1.54) is 5.56 Å². The topological polar surface area (TPSA) is 38.5 Å². The van der Waals surface area contributed by atoms with Gasteiger partial charge in [-0.15, -0.1) is 0 Å². The van der Waals surface area contributed by atoms with Crippen molar-refractivity contribution in [3.63, 3.8) is 0 Å². The van der Waals surface area contributed by atoms with Gasteiger partial charge in [0.1, 0.15) is 0 Å². The molecule has 1 heterocycles. The molecule has 18 heavy (non-hydrogen) atoms. The van der Waals surface area contributed by atoms with Gasteiger partial charge in [0.05, 0.1) is 12.2 Å². The second kappa shape index (κ2) is 6.02. The van der Waals surface area contributed by atoms with E-state index >= 15 is 0 Å². The molecule has 0 spiro atoms. The first-order chi connectivity index (χ1) is 8.60. The predicted octanol–water partition coefficient (Wildman–Crippen LogP) is 2.45. The van der Waals surface area contributed by atoms with E-state index in [9.17, 15) is 0 Å². The SMILES string of the molecule is C[C@H]1CN([C@@H](CN)c2cccc(Cl)c2)C[C@H](C)O1. The van der Waals surface area contributed by atoms with Crippen molar-refractivity contribution in [3.05, 3.63) is 34.9 Å². The van der Waals surface area contributed by atoms with Crippen molar-refractivity contribution < 1.29 is 4.74 Å². The predicted molar refractivity (Wildman–Crippen MR) is 74.8 cm³/mol. The van der Waals surface area contributed by atoms with Gasteiger partial charge in [-0.2, -0.15) is 0 Å². The maximum absolute atomic E-state index is 6.06. The fourth-order valence-electron chi connectivity index (χ4n) is 2.68. The summed E-state index contributed by atoms with van der Waals surface area (Å²) in [7, 11) is 0. The zero-order valence-corrected chi connectivity index (χ0v) is 11.7. The lowest BCUT2D eigenvalue weighted by molar-refractivity contribution is -0.0799. The number of rotatable bonds is 3. The second-order valence-electron chi connectivity index (χ2n) is 5.02. The smallest absolute Gasteiger partial charge is 0.0678 e. The summed E-state index contributed by atoms with van der Waals surface area (Å²) in [5, 5.41) is 0.764. The Morgan fingerprint density at radius 2 is 2.06 bits per heavy atom. The Hall–Kier alpha value is -0.610. The summed E-state index contributed by atoms with van der Waals surface area (Å²) in [4.78, 5) is 2.39. The molecule has 1 fully saturated rings. The largest absolute Gasteiger partial charge is 0.373 e. The van der Waals surface area contributed by atoms with Gasteiger partial charge in [0.2, 0.25) is 0 Å². The van der Waals surface area contributed by atoms with Gasteiger partial charge < -0.3 is 10.5 Å². The number of nitrogens with two attached hydrogens (primary N) is 1. The number of halogens is 1. The fraction of sp³-hybridized carbons (Fsp3) is 0.571. The second-order valence-corrected chi connectivity index (χ2v) is 5.45. The Morgan fingerprint density at radius 1 is 1.39 bits per heavy atom. The molecular formula is C14H21ClN2O. The van der Waals surface area contributed by atoms with E-state index in [-0.39, 0.29) is 18.2 Å². The van der Waals surface area contributed by atoms with Crippen LogP contribution in [-0.2, 0) is 4.74 Å². The Kier molecular flexibility index (Phi) is 4.62. The number of benzene rings is 1. The maximum atomic E-state index is 6.06. The first-order valence-electron chi connectivity index (χ1n) is 6.45. The van der Waals surface area contributed by atoms with Crippen LogP contribution in [0.4, 0.5) is 0 Å². The Balaban J connectivity index is 2.17. The van der Waals surface area contributed by atoms with Crippen LogP contribution in [0, 0.1) is 0 Å². The van der Waals surface area contributed by atoms with E-state index in [0.717, 1.165) is 18.1 Å². The molecule has 2 rings (SSSR count). The fourth-order valence-corrected chi connectivity index (χ4v) is 2.88. The van der Waals surface area contributed by atoms with Crippen LogP contribution in [0.2, 0.25) is 5.02 Å². The van der Waals surface area contributed by atoms with Crippen LogP contribution in [0.25, 0.3) is 0 Å². The zero-order chi connectivity index (χ0) is 13.1. The maximum Gasteiger partial charge on any atom is 0.0678 e. The van der Waals surface area contributed by atoms with Crippen molar-refractivity contribution in [1.29, 1.82) is 0 Å². The summed E-state index contributed by atoms with van der Waals surface area (Å²) >= 11 is 6.06. The van der Waals surface area contributed by atoms with Gasteiger partial charge >= 0.3 is 0 Å². The summed E-state index contributed by atoms with van der Waals surface area (Å²) < 4.78 is 5.76. The van der Waals surface area contributed by atoms with Crippen molar-refractivity contribution in [2.24, 2.45) is 5.73 Å². The Bertz CT molecular complexity index is 389. The average molecular weight is 269 g/mol. The minimum absolute atomic E-state index is 0.220. The van der Waals surface area contributed by atoms with Crippen LogP contribution in [0.1, 0.15) is 25.5 Å². The van der Waals surface area contributed by atoms with Crippen molar-refractivity contribution in [3.8, 4) is 0 Å². The molecule has 3 atom stereocenters. The third kappa shape index (κ3) is 3.23. The summed E-state index contributed by atoms with van der Waals surface area (Å²) in [5.41, 5.74) is 7.14. The summed E-state index contributed by atoms with van der Waals surface area (Å²) in [6.07, 6.45) is 0.504. The highest BCUT2D eigenvalue weighted by Crippen LogP contribution is 2.25. The molecule has 3 nitrogen and oxygen atoms in total. The van der Waals surface area contributed by atoms with Crippen LogP contribution in [0.5, 0.6) is 0 Å². The third-order valence-electron chi connectivity index (χ3n) is 3.35. The average Bonchev–Trinajstić information content (AvgIpc) is 2.28. The van der Waals surface area contributed by atoms with Crippen LogP contribution in [-0.4, -0.2) is 36.7 Å². The molecule has 0 amide bonds. The van der Waals surface area contributed by atoms with Gasteiger partial charge in [-0.25, -0.2) is 0 Å². The molecule has 0 radical (unpaired) electrons. The molecule has 0 aliphatic carbocycles. The van der Waals surface area contributed by atoms with Gasteiger partial charge in [-0.1, -0.05) is 23.7 Å². The zero-order valence-electron chi connectivity index (χ0n) is 11.0. The number of hydrogen-bond acceptors (Lipinski definition) is 3. The molecule has 1 aliphatic rings. The Labute approximate surface area is 114 Å². The number of nitrogens with zero attached hydrogens (tertiary/aromatic N) is 1. The summed E-state index contributed by atoms with van der Waals surface area (Å²) in [6, 6.07) is 8.19. The van der Waals surface area contributed by atoms with Gasteiger partial charge in [0, 0.05) is 30.7 Å². The van der Waals surface area contributed by atoms with Crippen LogP contribution in [0.3, 0.4) is 0 Å². The van der Waals surface area contributed by atoms with Crippen molar-refractivity contribution >= 4 is 11.6 Å². The molecular weight excluding hydrogens is 248 g/mol. The monoisotopic (exact) mass is 268 g/mol. The van der Waals surface area contributed by atoms with E-state index in [4.69, 9.17) is 22.1 Å². The van der Waals surface area contributed by atoms with Crippen molar-refractivity contribution in [2.45, 2.75) is 32.1 Å². The molecule has 1 aliphatic heterocycles. The van der Waals surface area contributed by atoms with Gasteiger partial charge in [0.15, 0.2) is 0 Å². The van der Waals surface area contributed by atoms with Crippen LogP contribution < -0.4 is 5.73 Å². The van der Waals surface area contributed by atoms with E-state index in [0.29, 0.717) is 6.54 Å². The summed E-state index contributed by atoms with van der Waals surface area (Å²) in [5.74, 6) is 0. The summed E-state index contributed by atoms with van der Waals surface area (Å²) in [6.45, 7) is 6.64. The molecule has 1 saturated heterocycles. The first kappa shape index (κ1) is 13.8. The van der Waals surface area contributed by atoms with Gasteiger partial charge in [0.25, 0.3) is 0 Å². The minimum atomic E-state index is 0.220. The van der Waals surface area contributed by atoms with Gasteiger partial charge in [-0.3, -0.25) is 4.90 Å². The molecule has 0 bridgehead atoms. The molecule has 0 unspecified atom stereocenters. The van der Waals surface area contributed by atoms with Gasteiger partial charge in [-0.05, 0) is 31.5 Å². The van der Waals surface area contributed by atoms with E-state index in [1.807, 2.05) is 18.2 Å². The number of morpholine rings is 1. The van der Waals surface area contributed by atoms with Crippen LogP contribution >= 0.6 is 11.6 Å². The molecule has 1 aromatic carbocycles. The highest BCUT2D eigenvalue weighted by atomic mass is 35.5. The molecule has 0 aromatic heterocycles. The van der Waals surface area contributed by atoms with E-state index < -0.39 is 0 Å². The number of ether oxygens (including phenoxy) is 1. The number of hydrogen-bond donors (Lipinski definition) is 1. The minimum Gasteiger partial charge on any atom is -0.373 e. The molecule has 2 N–H and O–H groups in total. The van der Waals surface area contributed by atoms with E-state index in [1.54, 1.807) is 0 Å². The lowest BCUT2D eigenvalue weighted by atomic mass is 10.0.